The van der Waals surface area contributed by atoms with E-state index in [2.05, 4.69) is 31.0 Å². The molecule has 1 aliphatic rings. The predicted octanol–water partition coefficient (Wildman–Crippen LogP) is 1.60. The quantitative estimate of drug-likeness (QED) is 0.0949. The summed E-state index contributed by atoms with van der Waals surface area (Å²) in [5.41, 5.74) is 7.92. The molecule has 212 valence electrons. The summed E-state index contributed by atoms with van der Waals surface area (Å²) in [7, 11) is 0. The number of nitriles is 1. The van der Waals surface area contributed by atoms with Gasteiger partial charge in [0.15, 0.2) is 17.2 Å². The highest BCUT2D eigenvalue weighted by atomic mass is 19.1. The molecule has 13 nitrogen and oxygen atoms in total. The van der Waals surface area contributed by atoms with Gasteiger partial charge >= 0.3 is 0 Å². The van der Waals surface area contributed by atoms with Crippen molar-refractivity contribution in [2.24, 2.45) is 10.7 Å². The Morgan fingerprint density at radius 3 is 2.79 bits per heavy atom. The second-order valence-electron chi connectivity index (χ2n) is 9.55. The number of hydrogen-bond acceptors (Lipinski definition) is 8. The second kappa shape index (κ2) is 11.4. The first kappa shape index (κ1) is 27.9. The van der Waals surface area contributed by atoms with Crippen LogP contribution < -0.4 is 21.7 Å². The van der Waals surface area contributed by atoms with E-state index in [1.165, 1.54) is 13.0 Å². The molecule has 4 aromatic rings. The molecule has 0 fully saturated rings. The number of nitrogens with one attached hydrogen (secondary N) is 3. The number of aliphatic hydroxyl groups excluding tert-OH is 1. The van der Waals surface area contributed by atoms with Crippen LogP contribution in [0.3, 0.4) is 0 Å². The summed E-state index contributed by atoms with van der Waals surface area (Å²) in [4.78, 5) is 45.7. The van der Waals surface area contributed by atoms with Crippen molar-refractivity contribution in [2.75, 3.05) is 5.32 Å². The lowest BCUT2D eigenvalue weighted by atomic mass is 10.0. The molecule has 2 heterocycles. The Hall–Kier alpha value is -5.68. The number of nitrogens with zero attached hydrogens (tertiary/aromatic N) is 5. The molecule has 0 saturated heterocycles. The third kappa shape index (κ3) is 5.62. The number of carbonyl (C=O) groups is 3. The number of fused-ring (bicyclic) bond motifs is 2. The smallest absolute Gasteiger partial charge is 0.270 e. The standard InChI is InChI=1S/C28H24FN9O4/c1-14(39)16-5-6-19-17(8-16)9-23(40)24(19)37-27(42)22-10-21(36-25-20(29)12-34-38(22)25)26(41)32-11-15-3-2-4-18(7-15)35-28(31)33-13-30/h2-8,10,12,23-24,40H,9,11H2,1H3,(H,32,41)(H,37,42)(H3,31,33,35)/t23-,24+/m0/s1. The molecule has 5 rings (SSSR count). The summed E-state index contributed by atoms with van der Waals surface area (Å²) in [5.74, 6) is -2.46. The van der Waals surface area contributed by atoms with Crippen molar-refractivity contribution >= 4 is 34.9 Å². The molecule has 0 aliphatic heterocycles. The van der Waals surface area contributed by atoms with Gasteiger partial charge in [0.05, 0.1) is 18.3 Å². The minimum atomic E-state index is -0.965. The Labute approximate surface area is 237 Å². The average Bonchev–Trinajstić information content (AvgIpc) is 3.49. The fraction of sp³-hybridized carbons (Fsp3) is 0.179. The molecule has 2 atom stereocenters. The lowest BCUT2D eigenvalue weighted by Gasteiger charge is -2.18. The van der Waals surface area contributed by atoms with Gasteiger partial charge < -0.3 is 26.8 Å². The first-order chi connectivity index (χ1) is 20.1. The average molecular weight is 570 g/mol. The van der Waals surface area contributed by atoms with Crippen molar-refractivity contribution in [3.8, 4) is 6.19 Å². The number of Topliss-reactive ketones (excluding diaryl/α,β-unsaturated/α-hetero) is 1. The maximum Gasteiger partial charge on any atom is 0.270 e. The third-order valence-electron chi connectivity index (χ3n) is 6.70. The van der Waals surface area contributed by atoms with Crippen molar-refractivity contribution in [1.82, 2.24) is 25.2 Å². The van der Waals surface area contributed by atoms with Gasteiger partial charge in [-0.25, -0.2) is 13.9 Å². The highest BCUT2D eigenvalue weighted by Gasteiger charge is 2.33. The largest absolute Gasteiger partial charge is 0.390 e. The molecule has 0 radical (unpaired) electrons. The highest BCUT2D eigenvalue weighted by molar-refractivity contribution is 5.99. The maximum absolute atomic E-state index is 14.5. The van der Waals surface area contributed by atoms with Crippen LogP contribution in [0.15, 0.2) is 59.7 Å². The number of aliphatic hydroxyl groups is 1. The van der Waals surface area contributed by atoms with Gasteiger partial charge in [0.25, 0.3) is 11.8 Å². The van der Waals surface area contributed by atoms with Crippen LogP contribution in [-0.4, -0.2) is 49.4 Å². The Balaban J connectivity index is 1.37. The molecular formula is C28H24FN9O4. The number of halogens is 1. The molecule has 0 saturated carbocycles. The molecule has 0 bridgehead atoms. The van der Waals surface area contributed by atoms with E-state index in [9.17, 15) is 23.9 Å². The summed E-state index contributed by atoms with van der Waals surface area (Å²) in [6.07, 6.45) is 1.71. The first-order valence-electron chi connectivity index (χ1n) is 12.7. The number of ketones is 1. The van der Waals surface area contributed by atoms with Gasteiger partial charge in [-0.1, -0.05) is 24.3 Å². The number of rotatable bonds is 7. The van der Waals surface area contributed by atoms with Crippen LogP contribution >= 0.6 is 0 Å². The van der Waals surface area contributed by atoms with E-state index >= 15 is 0 Å². The van der Waals surface area contributed by atoms with Crippen molar-refractivity contribution in [3.05, 3.63) is 94.2 Å². The lowest BCUT2D eigenvalue weighted by molar-refractivity contribution is 0.0850. The van der Waals surface area contributed by atoms with Crippen LogP contribution in [0.4, 0.5) is 10.1 Å². The minimum Gasteiger partial charge on any atom is -0.390 e. The van der Waals surface area contributed by atoms with E-state index in [0.29, 0.717) is 22.4 Å². The number of aliphatic imine (C=N–C) groups is 1. The minimum absolute atomic E-state index is 0.0487. The van der Waals surface area contributed by atoms with Crippen LogP contribution in [0, 0.1) is 17.3 Å². The molecule has 1 aliphatic carbocycles. The van der Waals surface area contributed by atoms with Crippen molar-refractivity contribution < 1.29 is 23.9 Å². The molecule has 2 aromatic carbocycles. The molecule has 2 aromatic heterocycles. The summed E-state index contributed by atoms with van der Waals surface area (Å²) in [6.45, 7) is 1.49. The monoisotopic (exact) mass is 569 g/mol. The van der Waals surface area contributed by atoms with Crippen LogP contribution in [-0.2, 0) is 13.0 Å². The fourth-order valence-corrected chi connectivity index (χ4v) is 4.72. The van der Waals surface area contributed by atoms with Gasteiger partial charge in [0, 0.05) is 30.3 Å². The maximum atomic E-state index is 14.5. The van der Waals surface area contributed by atoms with E-state index in [4.69, 9.17) is 11.0 Å². The Morgan fingerprint density at radius 1 is 1.21 bits per heavy atom. The van der Waals surface area contributed by atoms with Gasteiger partial charge in [-0.3, -0.25) is 14.4 Å². The van der Waals surface area contributed by atoms with Crippen molar-refractivity contribution in [1.29, 1.82) is 5.26 Å². The van der Waals surface area contributed by atoms with E-state index in [1.807, 2.05) is 0 Å². The van der Waals surface area contributed by atoms with Crippen LogP contribution in [0.25, 0.3) is 5.65 Å². The van der Waals surface area contributed by atoms with Gasteiger partial charge in [-0.15, -0.1) is 4.99 Å². The molecular weight excluding hydrogens is 545 g/mol. The van der Waals surface area contributed by atoms with Gasteiger partial charge in [0.1, 0.15) is 11.4 Å². The predicted molar refractivity (Wildman–Crippen MR) is 148 cm³/mol. The van der Waals surface area contributed by atoms with Crippen molar-refractivity contribution in [3.63, 3.8) is 0 Å². The normalized spacial score (nSPS) is 16.0. The van der Waals surface area contributed by atoms with E-state index in [-0.39, 0.29) is 41.7 Å². The fourth-order valence-electron chi connectivity index (χ4n) is 4.72. The summed E-state index contributed by atoms with van der Waals surface area (Å²) >= 11 is 0. The molecule has 0 spiro atoms. The number of amides is 2. The van der Waals surface area contributed by atoms with Gasteiger partial charge in [0.2, 0.25) is 12.2 Å². The van der Waals surface area contributed by atoms with Crippen molar-refractivity contribution in [2.45, 2.75) is 32.0 Å². The summed E-state index contributed by atoms with van der Waals surface area (Å²) in [6, 6.07) is 12.2. The summed E-state index contributed by atoms with van der Waals surface area (Å²) < 4.78 is 15.5. The summed E-state index contributed by atoms with van der Waals surface area (Å²) in [5, 5.41) is 31.3. The number of nitrogens with two attached hydrogens (primary N) is 1. The zero-order chi connectivity index (χ0) is 30.0. The topological polar surface area (TPSA) is 200 Å². The first-order valence-corrected chi connectivity index (χ1v) is 12.7. The Bertz CT molecular complexity index is 1810. The number of anilines is 1. The highest BCUT2D eigenvalue weighted by Crippen LogP contribution is 2.32. The molecule has 42 heavy (non-hydrogen) atoms. The zero-order valence-corrected chi connectivity index (χ0v) is 22.1. The number of benzene rings is 2. The lowest BCUT2D eigenvalue weighted by Crippen LogP contribution is -2.35. The number of aromatic nitrogens is 3. The molecule has 2 amide bonds. The van der Waals surface area contributed by atoms with E-state index in [0.717, 1.165) is 16.3 Å². The molecule has 14 heteroatoms. The van der Waals surface area contributed by atoms with Crippen LogP contribution in [0.5, 0.6) is 0 Å². The Morgan fingerprint density at radius 2 is 2.02 bits per heavy atom. The van der Waals surface area contributed by atoms with Crippen LogP contribution in [0.1, 0.15) is 61.0 Å². The van der Waals surface area contributed by atoms with E-state index in [1.54, 1.807) is 48.7 Å². The SMILES string of the molecule is CC(=O)c1ccc2c(c1)C[C@H](O)[C@@H]2NC(=O)c1cc(C(=O)NCc2cccc(N/C(N)=N/C#N)c2)nc2c(F)cnn12. The number of guanidine groups is 1. The zero-order valence-electron chi connectivity index (χ0n) is 22.1. The number of hydrogen-bond donors (Lipinski definition) is 5. The molecule has 6 N–H and O–H groups in total. The number of carbonyl (C=O) groups excluding carboxylic acids is 3. The Kier molecular flexibility index (Phi) is 7.59. The second-order valence-corrected chi connectivity index (χ2v) is 9.55. The van der Waals surface area contributed by atoms with Gasteiger partial charge in [-0.2, -0.15) is 10.4 Å². The van der Waals surface area contributed by atoms with Crippen LogP contribution in [0.2, 0.25) is 0 Å². The van der Waals surface area contributed by atoms with E-state index < -0.39 is 29.8 Å². The van der Waals surface area contributed by atoms with Gasteiger partial charge in [-0.05, 0) is 41.8 Å². The molecule has 0 unspecified atom stereocenters. The third-order valence-corrected chi connectivity index (χ3v) is 6.70.